The van der Waals surface area contributed by atoms with Gasteiger partial charge in [-0.05, 0) is 47.5 Å². The number of primary amides is 1. The molecule has 0 aromatic heterocycles. The number of nitrogens with two attached hydrogens (primary N) is 2. The molecule has 36 heavy (non-hydrogen) atoms. The van der Waals surface area contributed by atoms with Crippen LogP contribution in [-0.2, 0) is 32.3 Å². The Morgan fingerprint density at radius 3 is 1.97 bits per heavy atom. The second-order valence-electron chi connectivity index (χ2n) is 8.78. The van der Waals surface area contributed by atoms with Crippen molar-refractivity contribution in [3.05, 3.63) is 101 Å². The van der Waals surface area contributed by atoms with Crippen LogP contribution in [0, 0.1) is 11.8 Å². The number of hydrogen-bond acceptors (Lipinski definition) is 6. The van der Waals surface area contributed by atoms with Crippen LogP contribution in [0.15, 0.2) is 83.8 Å². The molecule has 1 amide bonds. The Morgan fingerprint density at radius 1 is 0.861 bits per heavy atom. The smallest absolute Gasteiger partial charge is 0.253 e. The molecule has 186 valence electrons. The van der Waals surface area contributed by atoms with E-state index in [9.17, 15) is 13.2 Å². The summed E-state index contributed by atoms with van der Waals surface area (Å²) in [6.45, 7) is 4.29. The Hall–Kier alpha value is -3.48. The molecule has 1 aliphatic rings. The monoisotopic (exact) mass is 503 g/mol. The maximum absolute atomic E-state index is 13.3. The Labute approximate surface area is 212 Å². The van der Waals surface area contributed by atoms with E-state index in [1.165, 1.54) is 17.7 Å². The lowest BCUT2D eigenvalue weighted by Crippen LogP contribution is -2.59. The summed E-state index contributed by atoms with van der Waals surface area (Å²) in [7, 11) is -4.26. The predicted octanol–water partition coefficient (Wildman–Crippen LogP) is 2.08. The van der Waals surface area contributed by atoms with Crippen LogP contribution in [0.2, 0.25) is 0 Å². The van der Waals surface area contributed by atoms with Crippen molar-refractivity contribution in [1.82, 2.24) is 4.90 Å². The topological polar surface area (TPSA) is 116 Å². The van der Waals surface area contributed by atoms with Crippen LogP contribution in [0.25, 0.3) is 0 Å². The second kappa shape index (κ2) is 11.1. The third-order valence-electron chi connectivity index (χ3n) is 6.19. The number of sulfone groups is 1. The van der Waals surface area contributed by atoms with E-state index in [1.807, 2.05) is 12.1 Å². The highest BCUT2D eigenvalue weighted by atomic mass is 32.2. The highest BCUT2D eigenvalue weighted by molar-refractivity contribution is 7.93. The molecule has 4 rings (SSSR count). The Morgan fingerprint density at radius 2 is 1.42 bits per heavy atom. The first-order valence-electron chi connectivity index (χ1n) is 11.7. The number of carbonyl (C=O) groups is 1. The predicted molar refractivity (Wildman–Crippen MR) is 138 cm³/mol. The van der Waals surface area contributed by atoms with E-state index in [1.54, 1.807) is 42.5 Å². The second-order valence-corrected chi connectivity index (χ2v) is 11.0. The van der Waals surface area contributed by atoms with Gasteiger partial charge in [0.15, 0.2) is 0 Å². The van der Waals surface area contributed by atoms with Crippen molar-refractivity contribution in [2.75, 3.05) is 26.3 Å². The number of carbonyl (C=O) groups excluding carboxylic acids is 1. The third-order valence-corrected chi connectivity index (χ3v) is 8.38. The average molecular weight is 504 g/mol. The maximum Gasteiger partial charge on any atom is 0.253 e. The number of nitrogens with zero attached hydrogens (tertiary/aromatic N) is 1. The van der Waals surface area contributed by atoms with Gasteiger partial charge in [0.05, 0.1) is 18.1 Å². The zero-order chi connectivity index (χ0) is 25.6. The lowest BCUT2D eigenvalue weighted by Gasteiger charge is -2.26. The molecule has 3 aromatic rings. The van der Waals surface area contributed by atoms with E-state index < -0.39 is 20.6 Å². The van der Waals surface area contributed by atoms with Crippen molar-refractivity contribution in [2.24, 2.45) is 11.5 Å². The zero-order valence-electron chi connectivity index (χ0n) is 19.9. The fourth-order valence-electron chi connectivity index (χ4n) is 4.00. The van der Waals surface area contributed by atoms with Crippen molar-refractivity contribution < 1.29 is 17.9 Å². The fraction of sp³-hybridized carbons (Fsp3) is 0.250. The van der Waals surface area contributed by atoms with E-state index in [4.69, 9.17) is 16.2 Å². The maximum atomic E-state index is 13.3. The minimum atomic E-state index is -4.26. The van der Waals surface area contributed by atoms with Crippen LogP contribution in [0.1, 0.15) is 22.3 Å². The van der Waals surface area contributed by atoms with Crippen molar-refractivity contribution >= 4 is 15.7 Å². The highest BCUT2D eigenvalue weighted by Gasteiger charge is 2.46. The van der Waals surface area contributed by atoms with Crippen LogP contribution in [0.5, 0.6) is 0 Å². The van der Waals surface area contributed by atoms with Crippen LogP contribution < -0.4 is 11.5 Å². The first-order valence-corrected chi connectivity index (χ1v) is 13.1. The van der Waals surface area contributed by atoms with E-state index in [0.717, 1.165) is 38.4 Å². The van der Waals surface area contributed by atoms with Crippen molar-refractivity contribution in [3.63, 3.8) is 0 Å². The van der Waals surface area contributed by atoms with Gasteiger partial charge in [-0.2, -0.15) is 0 Å². The number of ether oxygens (including phenoxy) is 1. The van der Waals surface area contributed by atoms with Gasteiger partial charge in [0.25, 0.3) is 5.91 Å². The molecule has 1 atom stereocenters. The van der Waals surface area contributed by atoms with Crippen molar-refractivity contribution in [3.8, 4) is 11.8 Å². The standard InChI is InChI=1S/C28H29N3O4S/c29-27(32)28(30,20-24-4-2-1-3-5-24)36(33,34)26-14-12-23(13-15-26)7-6-22-8-10-25(11-9-22)21-31-16-18-35-19-17-31/h1-5,8-15H,16-21,30H2,(H2,29,32). The fourth-order valence-corrected chi connectivity index (χ4v) is 5.53. The molecule has 4 N–H and O–H groups in total. The SMILES string of the molecule is NC(=O)C(N)(Cc1ccccc1)S(=O)(=O)c1ccc(C#Cc2ccc(CN3CCOCC3)cc2)cc1. The summed E-state index contributed by atoms with van der Waals surface area (Å²) in [5, 5.41) is 0. The molecule has 0 spiro atoms. The molecule has 0 radical (unpaired) electrons. The van der Waals surface area contributed by atoms with Crippen molar-refractivity contribution in [2.45, 2.75) is 22.7 Å². The van der Waals surface area contributed by atoms with Gasteiger partial charge in [-0.3, -0.25) is 9.69 Å². The molecular formula is C28H29N3O4S. The summed E-state index contributed by atoms with van der Waals surface area (Å²) >= 11 is 0. The summed E-state index contributed by atoms with van der Waals surface area (Å²) in [6.07, 6.45) is -0.228. The van der Waals surface area contributed by atoms with Crippen LogP contribution in [0.3, 0.4) is 0 Å². The lowest BCUT2D eigenvalue weighted by molar-refractivity contribution is -0.120. The first-order chi connectivity index (χ1) is 17.3. The molecular weight excluding hydrogens is 474 g/mol. The summed E-state index contributed by atoms with van der Waals surface area (Å²) < 4.78 is 32.0. The molecule has 1 aliphatic heterocycles. The van der Waals surface area contributed by atoms with E-state index in [2.05, 4.69) is 28.9 Å². The number of rotatable bonds is 7. The van der Waals surface area contributed by atoms with Gasteiger partial charge in [0, 0.05) is 37.2 Å². The average Bonchev–Trinajstić information content (AvgIpc) is 2.89. The van der Waals surface area contributed by atoms with Gasteiger partial charge in [-0.25, -0.2) is 8.42 Å². The number of hydrogen-bond donors (Lipinski definition) is 2. The molecule has 1 heterocycles. The van der Waals surface area contributed by atoms with E-state index in [0.29, 0.717) is 11.1 Å². The first kappa shape index (κ1) is 25.6. The summed E-state index contributed by atoms with van der Waals surface area (Å²) in [6, 6.07) is 22.7. The molecule has 0 aliphatic carbocycles. The normalized spacial score (nSPS) is 15.9. The van der Waals surface area contributed by atoms with E-state index >= 15 is 0 Å². The Balaban J connectivity index is 1.47. The van der Waals surface area contributed by atoms with Gasteiger partial charge in [0.1, 0.15) is 0 Å². The molecule has 7 nitrogen and oxygen atoms in total. The van der Waals surface area contributed by atoms with Gasteiger partial charge >= 0.3 is 0 Å². The van der Waals surface area contributed by atoms with Gasteiger partial charge < -0.3 is 16.2 Å². The molecule has 1 unspecified atom stereocenters. The molecule has 1 fully saturated rings. The van der Waals surface area contributed by atoms with Gasteiger partial charge in [0.2, 0.25) is 14.7 Å². The van der Waals surface area contributed by atoms with Gasteiger partial charge in [-0.15, -0.1) is 0 Å². The minimum absolute atomic E-state index is 0.0854. The number of morpholine rings is 1. The van der Waals surface area contributed by atoms with E-state index in [-0.39, 0.29) is 11.3 Å². The minimum Gasteiger partial charge on any atom is -0.379 e. The van der Waals surface area contributed by atoms with Gasteiger partial charge in [-0.1, -0.05) is 54.3 Å². The largest absolute Gasteiger partial charge is 0.379 e. The molecule has 3 aromatic carbocycles. The van der Waals surface area contributed by atoms with Crippen LogP contribution in [0.4, 0.5) is 0 Å². The highest BCUT2D eigenvalue weighted by Crippen LogP contribution is 2.26. The van der Waals surface area contributed by atoms with Crippen LogP contribution >= 0.6 is 0 Å². The molecule has 0 bridgehead atoms. The molecule has 8 heteroatoms. The Kier molecular flexibility index (Phi) is 7.87. The summed E-state index contributed by atoms with van der Waals surface area (Å²) in [5.41, 5.74) is 14.9. The summed E-state index contributed by atoms with van der Waals surface area (Å²) in [5.74, 6) is 5.04. The quantitative estimate of drug-likeness (QED) is 0.477. The zero-order valence-corrected chi connectivity index (χ0v) is 20.7. The summed E-state index contributed by atoms with van der Waals surface area (Å²) in [4.78, 5) is 12.2. The number of amides is 1. The van der Waals surface area contributed by atoms with Crippen molar-refractivity contribution in [1.29, 1.82) is 0 Å². The van der Waals surface area contributed by atoms with Crippen LogP contribution in [-0.4, -0.2) is 50.4 Å². The lowest BCUT2D eigenvalue weighted by atomic mass is 10.1. The molecule has 1 saturated heterocycles. The Bertz CT molecular complexity index is 1360. The molecule has 0 saturated carbocycles. The third kappa shape index (κ3) is 5.83. The number of benzene rings is 3.